The molecule has 1 aliphatic heterocycles. The molecule has 152 valence electrons. The van der Waals surface area contributed by atoms with E-state index in [1.54, 1.807) is 23.1 Å². The summed E-state index contributed by atoms with van der Waals surface area (Å²) in [5, 5.41) is 3.06. The minimum Gasteiger partial charge on any atom is -0.455 e. The summed E-state index contributed by atoms with van der Waals surface area (Å²) in [6.07, 6.45) is 0.0672. The molecule has 2 aromatic rings. The van der Waals surface area contributed by atoms with Crippen LogP contribution in [-0.2, 0) is 19.1 Å². The molecule has 1 N–H and O–H groups in total. The molecule has 1 heterocycles. The van der Waals surface area contributed by atoms with Crippen molar-refractivity contribution >= 4 is 46.7 Å². The van der Waals surface area contributed by atoms with E-state index in [9.17, 15) is 14.4 Å². The number of ether oxygens (including phenoxy) is 1. The zero-order chi connectivity index (χ0) is 21.0. The molecule has 2 amide bonds. The number of rotatable bonds is 6. The van der Waals surface area contributed by atoms with Gasteiger partial charge >= 0.3 is 5.97 Å². The third kappa shape index (κ3) is 5.08. The second kappa shape index (κ2) is 9.29. The van der Waals surface area contributed by atoms with Crippen LogP contribution in [0.4, 0.5) is 5.69 Å². The predicted molar refractivity (Wildman–Crippen MR) is 111 cm³/mol. The summed E-state index contributed by atoms with van der Waals surface area (Å²) in [4.78, 5) is 38.4. The van der Waals surface area contributed by atoms with Crippen molar-refractivity contribution in [3.63, 3.8) is 0 Å². The van der Waals surface area contributed by atoms with Gasteiger partial charge in [-0.3, -0.25) is 14.4 Å². The molecule has 0 aromatic heterocycles. The molecule has 0 spiro atoms. The molecule has 29 heavy (non-hydrogen) atoms. The quantitative estimate of drug-likeness (QED) is 0.694. The van der Waals surface area contributed by atoms with Gasteiger partial charge in [-0.25, -0.2) is 0 Å². The highest BCUT2D eigenvalue weighted by molar-refractivity contribution is 6.44. The number of hydrogen-bond donors (Lipinski definition) is 1. The van der Waals surface area contributed by atoms with Crippen LogP contribution in [0.5, 0.6) is 0 Å². The van der Waals surface area contributed by atoms with Crippen LogP contribution in [0.3, 0.4) is 0 Å². The molecule has 0 unspecified atom stereocenters. The van der Waals surface area contributed by atoms with Crippen LogP contribution in [0.25, 0.3) is 0 Å². The summed E-state index contributed by atoms with van der Waals surface area (Å²) >= 11 is 11.9. The first kappa shape index (κ1) is 21.1. The Morgan fingerprint density at radius 3 is 2.62 bits per heavy atom. The van der Waals surface area contributed by atoms with Gasteiger partial charge in [-0.15, -0.1) is 0 Å². The summed E-state index contributed by atoms with van der Waals surface area (Å²) in [6, 6.07) is 14.3. The fourth-order valence-corrected chi connectivity index (χ4v) is 3.56. The molecule has 1 fully saturated rings. The van der Waals surface area contributed by atoms with Gasteiger partial charge in [0, 0.05) is 13.0 Å². The summed E-state index contributed by atoms with van der Waals surface area (Å²) < 4.78 is 5.11. The lowest BCUT2D eigenvalue weighted by Gasteiger charge is -2.25. The Balaban J connectivity index is 1.53. The van der Waals surface area contributed by atoms with E-state index in [1.165, 1.54) is 0 Å². The minimum absolute atomic E-state index is 0.0672. The van der Waals surface area contributed by atoms with Crippen molar-refractivity contribution < 1.29 is 19.1 Å². The van der Waals surface area contributed by atoms with Gasteiger partial charge in [0.25, 0.3) is 5.91 Å². The van der Waals surface area contributed by atoms with E-state index >= 15 is 0 Å². The Morgan fingerprint density at radius 1 is 1.17 bits per heavy atom. The van der Waals surface area contributed by atoms with Crippen LogP contribution in [0.1, 0.15) is 24.9 Å². The van der Waals surface area contributed by atoms with Crippen LogP contribution >= 0.6 is 23.2 Å². The standard InChI is InChI=1S/C21H20Cl2N2O4/c1-13(14-6-3-2-4-7-14)25-11-15(10-19(25)27)21(28)29-12-18(26)24-17-9-5-8-16(22)20(17)23/h2-9,13,15H,10-12H2,1H3,(H,24,26)/t13-,15-/m1/s1. The fourth-order valence-electron chi connectivity index (χ4n) is 3.22. The maximum Gasteiger partial charge on any atom is 0.311 e. The molecule has 2 atom stereocenters. The summed E-state index contributed by atoms with van der Waals surface area (Å²) in [5.74, 6) is -1.83. The molecule has 1 saturated heterocycles. The molecule has 8 heteroatoms. The first-order chi connectivity index (χ1) is 13.9. The van der Waals surface area contributed by atoms with Gasteiger partial charge < -0.3 is 15.0 Å². The average Bonchev–Trinajstić information content (AvgIpc) is 3.11. The number of likely N-dealkylation sites (tertiary alicyclic amines) is 1. The second-order valence-corrected chi connectivity index (χ2v) is 7.58. The van der Waals surface area contributed by atoms with Crippen molar-refractivity contribution in [3.8, 4) is 0 Å². The van der Waals surface area contributed by atoms with E-state index in [1.807, 2.05) is 37.3 Å². The largest absolute Gasteiger partial charge is 0.455 e. The Hall–Kier alpha value is -2.57. The monoisotopic (exact) mass is 434 g/mol. The fraction of sp³-hybridized carbons (Fsp3) is 0.286. The summed E-state index contributed by atoms with van der Waals surface area (Å²) in [6.45, 7) is 1.71. The Kier molecular flexibility index (Phi) is 6.77. The molecular weight excluding hydrogens is 415 g/mol. The van der Waals surface area contributed by atoms with E-state index in [2.05, 4.69) is 5.32 Å². The smallest absolute Gasteiger partial charge is 0.311 e. The number of anilines is 1. The van der Waals surface area contributed by atoms with E-state index < -0.39 is 24.4 Å². The van der Waals surface area contributed by atoms with Gasteiger partial charge in [-0.2, -0.15) is 0 Å². The minimum atomic E-state index is -0.601. The average molecular weight is 435 g/mol. The molecule has 2 aromatic carbocycles. The van der Waals surface area contributed by atoms with E-state index in [0.29, 0.717) is 10.7 Å². The van der Waals surface area contributed by atoms with Crippen molar-refractivity contribution in [2.45, 2.75) is 19.4 Å². The van der Waals surface area contributed by atoms with Crippen LogP contribution < -0.4 is 5.32 Å². The SMILES string of the molecule is C[C@H](c1ccccc1)N1C[C@H](C(=O)OCC(=O)Nc2cccc(Cl)c2Cl)CC1=O. The number of benzene rings is 2. The van der Waals surface area contributed by atoms with Gasteiger partial charge in [0.2, 0.25) is 5.91 Å². The molecule has 0 aliphatic carbocycles. The number of hydrogen-bond acceptors (Lipinski definition) is 4. The zero-order valence-corrected chi connectivity index (χ0v) is 17.2. The Bertz CT molecular complexity index is 920. The highest BCUT2D eigenvalue weighted by Crippen LogP contribution is 2.30. The van der Waals surface area contributed by atoms with E-state index in [4.69, 9.17) is 27.9 Å². The van der Waals surface area contributed by atoms with Crippen molar-refractivity contribution in [1.29, 1.82) is 0 Å². The lowest BCUT2D eigenvalue weighted by molar-refractivity contribution is -0.151. The number of nitrogens with zero attached hydrogens (tertiary/aromatic N) is 1. The normalized spacial score (nSPS) is 17.1. The van der Waals surface area contributed by atoms with Gasteiger partial charge in [-0.05, 0) is 24.6 Å². The molecule has 0 radical (unpaired) electrons. The third-order valence-corrected chi connectivity index (χ3v) is 5.63. The van der Waals surface area contributed by atoms with E-state index in [0.717, 1.165) is 5.56 Å². The lowest BCUT2D eigenvalue weighted by Crippen LogP contribution is -2.30. The van der Waals surface area contributed by atoms with Crippen molar-refractivity contribution in [3.05, 3.63) is 64.1 Å². The maximum atomic E-state index is 12.4. The van der Waals surface area contributed by atoms with Gasteiger partial charge in [0.05, 0.1) is 27.7 Å². The van der Waals surface area contributed by atoms with Crippen LogP contribution in [0.15, 0.2) is 48.5 Å². The topological polar surface area (TPSA) is 75.7 Å². The second-order valence-electron chi connectivity index (χ2n) is 6.79. The van der Waals surface area contributed by atoms with Gasteiger partial charge in [-0.1, -0.05) is 59.6 Å². The Morgan fingerprint density at radius 2 is 1.90 bits per heavy atom. The summed E-state index contributed by atoms with van der Waals surface area (Å²) in [7, 11) is 0. The molecular formula is C21H20Cl2N2O4. The first-order valence-electron chi connectivity index (χ1n) is 9.11. The van der Waals surface area contributed by atoms with E-state index in [-0.39, 0.29) is 29.9 Å². The zero-order valence-electron chi connectivity index (χ0n) is 15.7. The highest BCUT2D eigenvalue weighted by atomic mass is 35.5. The summed E-state index contributed by atoms with van der Waals surface area (Å²) in [5.41, 5.74) is 1.33. The van der Waals surface area contributed by atoms with Crippen molar-refractivity contribution in [2.24, 2.45) is 5.92 Å². The molecule has 0 saturated carbocycles. The van der Waals surface area contributed by atoms with Crippen LogP contribution in [0, 0.1) is 5.92 Å². The lowest BCUT2D eigenvalue weighted by atomic mass is 10.1. The predicted octanol–water partition coefficient (Wildman–Crippen LogP) is 4.08. The van der Waals surface area contributed by atoms with Crippen molar-refractivity contribution in [2.75, 3.05) is 18.5 Å². The Labute approximate surface area is 178 Å². The van der Waals surface area contributed by atoms with Gasteiger partial charge in [0.15, 0.2) is 6.61 Å². The number of carbonyl (C=O) groups is 3. The molecule has 1 aliphatic rings. The number of esters is 1. The third-order valence-electron chi connectivity index (χ3n) is 4.81. The number of amides is 2. The number of halogens is 2. The number of nitrogens with one attached hydrogen (secondary N) is 1. The number of carbonyl (C=O) groups excluding carboxylic acids is 3. The molecule has 3 rings (SSSR count). The van der Waals surface area contributed by atoms with Gasteiger partial charge in [0.1, 0.15) is 0 Å². The maximum absolute atomic E-state index is 12.4. The highest BCUT2D eigenvalue weighted by Gasteiger charge is 2.38. The van der Waals surface area contributed by atoms with Crippen LogP contribution in [0.2, 0.25) is 10.0 Å². The molecule has 0 bridgehead atoms. The molecule has 6 nitrogen and oxygen atoms in total. The first-order valence-corrected chi connectivity index (χ1v) is 9.87. The van der Waals surface area contributed by atoms with Crippen LogP contribution in [-0.4, -0.2) is 35.8 Å². The van der Waals surface area contributed by atoms with Crippen molar-refractivity contribution in [1.82, 2.24) is 4.90 Å².